The van der Waals surface area contributed by atoms with E-state index in [0.717, 1.165) is 5.69 Å². The first-order valence-electron chi connectivity index (χ1n) is 8.47. The van der Waals surface area contributed by atoms with Crippen LogP contribution in [0.15, 0.2) is 30.5 Å². The molecular weight excluding hydrogens is 358 g/mol. The predicted molar refractivity (Wildman–Crippen MR) is 97.4 cm³/mol. The first-order valence-corrected chi connectivity index (χ1v) is 8.47. The fourth-order valence-corrected chi connectivity index (χ4v) is 2.73. The lowest BCUT2D eigenvalue weighted by Gasteiger charge is -2.22. The molecule has 2 N–H and O–H groups in total. The topological polar surface area (TPSA) is 77.4 Å². The third-order valence-electron chi connectivity index (χ3n) is 4.18. The van der Waals surface area contributed by atoms with E-state index in [4.69, 9.17) is 4.74 Å². The van der Waals surface area contributed by atoms with Crippen molar-refractivity contribution in [2.45, 2.75) is 26.4 Å². The Morgan fingerprint density at radius 3 is 2.59 bits per heavy atom. The van der Waals surface area contributed by atoms with E-state index in [1.807, 2.05) is 27.0 Å². The van der Waals surface area contributed by atoms with E-state index in [1.165, 1.54) is 25.3 Å². The molecule has 0 saturated heterocycles. The number of carbonyl (C=O) groups excluding carboxylic acids is 1. The molecule has 1 aromatic carbocycles. The van der Waals surface area contributed by atoms with Crippen LogP contribution in [0.4, 0.5) is 19.3 Å². The molecule has 1 aromatic heterocycles. The number of anilines is 1. The molecule has 0 unspecified atom stereocenters. The minimum atomic E-state index is -3.00. The zero-order valence-electron chi connectivity index (χ0n) is 15.7. The Bertz CT molecular complexity index is 765. The largest absolute Gasteiger partial charge is 0.497 e. The normalized spacial score (nSPS) is 12.1. The van der Waals surface area contributed by atoms with E-state index in [-0.39, 0.29) is 23.3 Å². The average Bonchev–Trinajstić information content (AvgIpc) is 3.01. The number of hydrogen-bond acceptors (Lipinski definition) is 4. The lowest BCUT2D eigenvalue weighted by atomic mass is 9.92. The number of aromatic nitrogens is 2. The molecule has 0 radical (unpaired) electrons. The molecule has 2 amide bonds. The van der Waals surface area contributed by atoms with Gasteiger partial charge in [0.25, 0.3) is 0 Å². The molecule has 7 nitrogen and oxygen atoms in total. The Morgan fingerprint density at radius 1 is 1.30 bits per heavy atom. The van der Waals surface area contributed by atoms with Gasteiger partial charge in [-0.15, -0.1) is 0 Å². The van der Waals surface area contributed by atoms with Crippen molar-refractivity contribution >= 4 is 11.7 Å². The summed E-state index contributed by atoms with van der Waals surface area (Å²) >= 11 is 0. The number of methoxy groups -OCH3 is 1. The van der Waals surface area contributed by atoms with Gasteiger partial charge in [-0.1, -0.05) is 13.8 Å². The summed E-state index contributed by atoms with van der Waals surface area (Å²) in [6.07, 6.45) is 1.70. The summed E-state index contributed by atoms with van der Waals surface area (Å²) in [5, 5.41) is 9.46. The second-order valence-electron chi connectivity index (χ2n) is 6.31. The minimum absolute atomic E-state index is 0.0466. The highest BCUT2D eigenvalue weighted by Gasteiger charge is 2.20. The van der Waals surface area contributed by atoms with Crippen LogP contribution in [0.1, 0.15) is 25.5 Å². The molecule has 0 aliphatic heterocycles. The third-order valence-corrected chi connectivity index (χ3v) is 4.18. The van der Waals surface area contributed by atoms with Crippen molar-refractivity contribution in [1.82, 2.24) is 15.1 Å². The van der Waals surface area contributed by atoms with Crippen LogP contribution in [0.25, 0.3) is 0 Å². The highest BCUT2D eigenvalue weighted by molar-refractivity contribution is 5.91. The van der Waals surface area contributed by atoms with Crippen LogP contribution in [0.5, 0.6) is 11.5 Å². The maximum atomic E-state index is 12.6. The molecule has 0 bridgehead atoms. The van der Waals surface area contributed by atoms with Crippen LogP contribution < -0.4 is 20.1 Å². The molecular formula is C18H24F2N4O3. The number of rotatable bonds is 8. The number of alkyl halides is 2. The number of amides is 2. The van der Waals surface area contributed by atoms with Crippen molar-refractivity contribution in [3.8, 4) is 11.5 Å². The molecule has 9 heteroatoms. The van der Waals surface area contributed by atoms with Crippen molar-refractivity contribution in [1.29, 1.82) is 0 Å². The highest BCUT2D eigenvalue weighted by atomic mass is 19.3. The number of ether oxygens (including phenoxy) is 2. The Hall–Kier alpha value is -2.84. The molecule has 1 atom stereocenters. The van der Waals surface area contributed by atoms with Crippen LogP contribution in [-0.4, -0.2) is 36.1 Å². The highest BCUT2D eigenvalue weighted by Crippen LogP contribution is 2.30. The number of nitrogens with zero attached hydrogens (tertiary/aromatic N) is 2. The standard InChI is InChI=1S/C18H24F2N4O3/c1-11(2)13(15-7-8-22-24(15)3)10-21-18(25)23-14-9-12(26-4)5-6-16(14)27-17(19)20/h5-9,11,13,17H,10H2,1-4H3,(H2,21,23,25)/t13-/m1/s1. The molecule has 0 aliphatic carbocycles. The van der Waals surface area contributed by atoms with Crippen LogP contribution in [-0.2, 0) is 7.05 Å². The molecule has 2 rings (SSSR count). The molecule has 0 fully saturated rings. The van der Waals surface area contributed by atoms with Gasteiger partial charge in [0.2, 0.25) is 0 Å². The lowest BCUT2D eigenvalue weighted by molar-refractivity contribution is -0.0493. The average molecular weight is 382 g/mol. The summed E-state index contributed by atoms with van der Waals surface area (Å²) in [4.78, 5) is 12.3. The van der Waals surface area contributed by atoms with Gasteiger partial charge in [-0.2, -0.15) is 13.9 Å². The van der Waals surface area contributed by atoms with Gasteiger partial charge in [0.05, 0.1) is 12.8 Å². The van der Waals surface area contributed by atoms with Gasteiger partial charge in [0.1, 0.15) is 11.5 Å². The van der Waals surface area contributed by atoms with Crippen LogP contribution >= 0.6 is 0 Å². The van der Waals surface area contributed by atoms with E-state index in [2.05, 4.69) is 20.5 Å². The maximum Gasteiger partial charge on any atom is 0.387 e. The lowest BCUT2D eigenvalue weighted by Crippen LogP contribution is -2.34. The van der Waals surface area contributed by atoms with Crippen LogP contribution in [0.2, 0.25) is 0 Å². The first-order chi connectivity index (χ1) is 12.8. The van der Waals surface area contributed by atoms with E-state index < -0.39 is 12.6 Å². The fraction of sp³-hybridized carbons (Fsp3) is 0.444. The van der Waals surface area contributed by atoms with Crippen LogP contribution in [0.3, 0.4) is 0 Å². The minimum Gasteiger partial charge on any atom is -0.497 e. The second kappa shape index (κ2) is 9.20. The Kier molecular flexibility index (Phi) is 6.98. The summed E-state index contributed by atoms with van der Waals surface area (Å²) in [5.41, 5.74) is 1.09. The Balaban J connectivity index is 2.07. The number of aryl methyl sites for hydroxylation is 1. The quantitative estimate of drug-likeness (QED) is 0.731. The number of hydrogen-bond donors (Lipinski definition) is 2. The van der Waals surface area contributed by atoms with Gasteiger partial charge in [-0.3, -0.25) is 4.68 Å². The Labute approximate surface area is 156 Å². The van der Waals surface area contributed by atoms with E-state index in [1.54, 1.807) is 10.9 Å². The van der Waals surface area contributed by atoms with Gasteiger partial charge < -0.3 is 20.1 Å². The van der Waals surface area contributed by atoms with Crippen molar-refractivity contribution < 1.29 is 23.0 Å². The zero-order chi connectivity index (χ0) is 20.0. The molecule has 1 heterocycles. The SMILES string of the molecule is COc1ccc(OC(F)F)c(NC(=O)NC[C@@H](c2ccnn2C)C(C)C)c1. The van der Waals surface area contributed by atoms with E-state index in [9.17, 15) is 13.6 Å². The molecule has 0 saturated carbocycles. The van der Waals surface area contributed by atoms with Crippen molar-refractivity contribution in [3.05, 3.63) is 36.2 Å². The molecule has 0 spiro atoms. The van der Waals surface area contributed by atoms with Crippen molar-refractivity contribution in [2.24, 2.45) is 13.0 Å². The summed E-state index contributed by atoms with van der Waals surface area (Å²) < 4.78 is 36.4. The van der Waals surface area contributed by atoms with Gasteiger partial charge in [-0.05, 0) is 24.1 Å². The first kappa shape index (κ1) is 20.5. The summed E-state index contributed by atoms with van der Waals surface area (Å²) in [5.74, 6) is 0.565. The Morgan fingerprint density at radius 2 is 2.04 bits per heavy atom. The van der Waals surface area contributed by atoms with E-state index >= 15 is 0 Å². The van der Waals surface area contributed by atoms with Crippen molar-refractivity contribution in [3.63, 3.8) is 0 Å². The maximum absolute atomic E-state index is 12.6. The smallest absolute Gasteiger partial charge is 0.387 e. The van der Waals surface area contributed by atoms with Gasteiger partial charge in [-0.25, -0.2) is 4.79 Å². The van der Waals surface area contributed by atoms with E-state index in [0.29, 0.717) is 12.3 Å². The van der Waals surface area contributed by atoms with Gasteiger partial charge >= 0.3 is 12.6 Å². The van der Waals surface area contributed by atoms with Crippen molar-refractivity contribution in [2.75, 3.05) is 19.0 Å². The molecule has 148 valence electrons. The van der Waals surface area contributed by atoms with Gasteiger partial charge in [0, 0.05) is 37.5 Å². The third kappa shape index (κ3) is 5.57. The second-order valence-corrected chi connectivity index (χ2v) is 6.31. The van der Waals surface area contributed by atoms with Crippen LogP contribution in [0, 0.1) is 5.92 Å². The van der Waals surface area contributed by atoms with Gasteiger partial charge in [0.15, 0.2) is 0 Å². The number of benzene rings is 1. The zero-order valence-corrected chi connectivity index (χ0v) is 15.7. The predicted octanol–water partition coefficient (Wildman–Crippen LogP) is 3.59. The monoisotopic (exact) mass is 382 g/mol. The number of carbonyl (C=O) groups is 1. The summed E-state index contributed by atoms with van der Waals surface area (Å²) in [6.45, 7) is 1.46. The number of halogens is 2. The number of urea groups is 1. The molecule has 27 heavy (non-hydrogen) atoms. The fourth-order valence-electron chi connectivity index (χ4n) is 2.73. The molecule has 0 aliphatic rings. The number of nitrogens with one attached hydrogen (secondary N) is 2. The molecule has 2 aromatic rings. The summed E-state index contributed by atoms with van der Waals surface area (Å²) in [7, 11) is 3.28. The summed E-state index contributed by atoms with van der Waals surface area (Å²) in [6, 6.07) is 5.57.